The van der Waals surface area contributed by atoms with Crippen molar-refractivity contribution in [2.45, 2.75) is 38.8 Å². The summed E-state index contributed by atoms with van der Waals surface area (Å²) in [5.74, 6) is -0.481. The number of amides is 1. The smallest absolute Gasteiger partial charge is 0.219 e. The van der Waals surface area contributed by atoms with Gasteiger partial charge < -0.3 is 9.80 Å². The van der Waals surface area contributed by atoms with Crippen molar-refractivity contribution in [2.75, 3.05) is 18.0 Å². The number of anilines is 1. The summed E-state index contributed by atoms with van der Waals surface area (Å²) >= 11 is 0. The molecule has 0 spiro atoms. The summed E-state index contributed by atoms with van der Waals surface area (Å²) in [6.45, 7) is 3.45. The zero-order valence-electron chi connectivity index (χ0n) is 15.3. The summed E-state index contributed by atoms with van der Waals surface area (Å²) in [6.07, 6.45) is 7.39. The number of carbonyl (C=O) groups excluding carboxylic acids is 1. The second-order valence-corrected chi connectivity index (χ2v) is 6.71. The monoisotopic (exact) mass is 367 g/mol. The van der Waals surface area contributed by atoms with Gasteiger partial charge in [0.25, 0.3) is 0 Å². The average Bonchev–Trinajstić information content (AvgIpc) is 2.92. The minimum Gasteiger partial charge on any atom is -0.370 e. The second kappa shape index (κ2) is 8.58. The first-order valence-corrected chi connectivity index (χ1v) is 9.05. The molecule has 1 saturated heterocycles. The van der Waals surface area contributed by atoms with Crippen LogP contribution in [0.25, 0.3) is 0 Å². The van der Waals surface area contributed by atoms with Gasteiger partial charge in [0.2, 0.25) is 5.91 Å². The quantitative estimate of drug-likeness (QED) is 0.831. The minimum atomic E-state index is -0.495. The lowest BCUT2D eigenvalue weighted by atomic mass is 10.1. The minimum absolute atomic E-state index is 0.0146. The van der Waals surface area contributed by atoms with Gasteiger partial charge in [-0.05, 0) is 31.4 Å². The first-order chi connectivity index (χ1) is 13.1. The predicted molar refractivity (Wildman–Crippen MR) is 99.2 cm³/mol. The Hall–Kier alpha value is -3.01. The van der Waals surface area contributed by atoms with Gasteiger partial charge in [-0.1, -0.05) is 6.07 Å². The number of hydrogen-bond donors (Lipinski definition) is 0. The van der Waals surface area contributed by atoms with E-state index in [1.807, 2.05) is 15.9 Å². The Morgan fingerprint density at radius 2 is 2.11 bits per heavy atom. The Morgan fingerprint density at radius 3 is 2.81 bits per heavy atom. The number of hydrogen-bond acceptors (Lipinski definition) is 5. The normalized spacial score (nSPS) is 17.1. The molecule has 0 saturated carbocycles. The molecule has 0 N–H and O–H groups in total. The van der Waals surface area contributed by atoms with Crippen molar-refractivity contribution in [2.24, 2.45) is 0 Å². The number of benzene rings is 1. The molecule has 3 rings (SSSR count). The van der Waals surface area contributed by atoms with Gasteiger partial charge in [0.1, 0.15) is 23.8 Å². The summed E-state index contributed by atoms with van der Waals surface area (Å²) in [6, 6.07) is 6.78. The third-order valence-electron chi connectivity index (χ3n) is 4.95. The van der Waals surface area contributed by atoms with Crippen molar-refractivity contribution >= 4 is 11.6 Å². The van der Waals surface area contributed by atoms with E-state index in [2.05, 4.69) is 9.97 Å². The Balaban J connectivity index is 1.74. The fourth-order valence-electron chi connectivity index (χ4n) is 3.62. The van der Waals surface area contributed by atoms with Crippen molar-refractivity contribution in [1.82, 2.24) is 14.9 Å². The van der Waals surface area contributed by atoms with Crippen LogP contribution in [0.2, 0.25) is 0 Å². The molecule has 27 heavy (non-hydrogen) atoms. The van der Waals surface area contributed by atoms with Crippen LogP contribution < -0.4 is 4.90 Å². The molecule has 1 aromatic carbocycles. The summed E-state index contributed by atoms with van der Waals surface area (Å²) in [5.41, 5.74) is 1.61. The van der Waals surface area contributed by atoms with Crippen LogP contribution >= 0.6 is 0 Å². The fourth-order valence-corrected chi connectivity index (χ4v) is 3.62. The maximum Gasteiger partial charge on any atom is 0.219 e. The third kappa shape index (κ3) is 4.40. The first kappa shape index (κ1) is 18.8. The van der Waals surface area contributed by atoms with E-state index in [0.29, 0.717) is 18.8 Å². The summed E-state index contributed by atoms with van der Waals surface area (Å²) in [5, 5.41) is 9.30. The van der Waals surface area contributed by atoms with Gasteiger partial charge in [-0.15, -0.1) is 0 Å². The molecule has 1 aliphatic rings. The zero-order valence-corrected chi connectivity index (χ0v) is 15.3. The van der Waals surface area contributed by atoms with Crippen molar-refractivity contribution in [1.29, 1.82) is 5.26 Å². The molecule has 0 aliphatic carbocycles. The van der Waals surface area contributed by atoms with Crippen LogP contribution in [0.15, 0.2) is 36.9 Å². The largest absolute Gasteiger partial charge is 0.370 e. The molecule has 0 radical (unpaired) electrons. The van der Waals surface area contributed by atoms with Crippen LogP contribution in [-0.4, -0.2) is 39.9 Å². The molecule has 1 atom stereocenters. The summed E-state index contributed by atoms with van der Waals surface area (Å²) < 4.78 is 13.9. The zero-order chi connectivity index (χ0) is 19.2. The van der Waals surface area contributed by atoms with Crippen molar-refractivity contribution in [3.05, 3.63) is 53.9 Å². The van der Waals surface area contributed by atoms with Crippen molar-refractivity contribution in [3.8, 4) is 6.07 Å². The summed E-state index contributed by atoms with van der Waals surface area (Å²) in [4.78, 5) is 24.2. The van der Waals surface area contributed by atoms with Crippen LogP contribution in [-0.2, 0) is 11.3 Å². The summed E-state index contributed by atoms with van der Waals surface area (Å²) in [7, 11) is 0. The molecule has 7 heteroatoms. The van der Waals surface area contributed by atoms with E-state index in [0.717, 1.165) is 31.4 Å². The predicted octanol–water partition coefficient (Wildman–Crippen LogP) is 2.89. The van der Waals surface area contributed by atoms with E-state index < -0.39 is 5.82 Å². The lowest BCUT2D eigenvalue weighted by Crippen LogP contribution is -2.39. The number of aromatic nitrogens is 2. The molecular weight excluding hydrogens is 345 g/mol. The van der Waals surface area contributed by atoms with E-state index in [-0.39, 0.29) is 17.5 Å². The molecule has 140 valence electrons. The van der Waals surface area contributed by atoms with E-state index in [1.165, 1.54) is 12.4 Å². The molecule has 2 heterocycles. The average molecular weight is 367 g/mol. The van der Waals surface area contributed by atoms with Crippen LogP contribution in [0.5, 0.6) is 0 Å². The molecule has 1 amide bonds. The number of halogens is 1. The molecule has 2 aromatic rings. The Bertz CT molecular complexity index is 836. The van der Waals surface area contributed by atoms with Crippen molar-refractivity contribution < 1.29 is 9.18 Å². The highest BCUT2D eigenvalue weighted by Gasteiger charge is 2.26. The standard InChI is InChI=1S/C20H22FN5O/c1-15(27)26(13-16-11-23-14-24-12-16)17-4-3-8-25(9-7-17)20-6-2-5-19(21)18(20)10-22/h2,5-6,11-12,14,17H,3-4,7-9,13H2,1H3/t17-/m1/s1. The van der Waals surface area contributed by atoms with Gasteiger partial charge in [-0.2, -0.15) is 5.26 Å². The topological polar surface area (TPSA) is 73.1 Å². The van der Waals surface area contributed by atoms with Gasteiger partial charge in [-0.3, -0.25) is 4.79 Å². The molecule has 0 bridgehead atoms. The fraction of sp³-hybridized carbons (Fsp3) is 0.400. The van der Waals surface area contributed by atoms with E-state index in [9.17, 15) is 14.4 Å². The highest BCUT2D eigenvalue weighted by molar-refractivity contribution is 5.73. The molecule has 1 fully saturated rings. The Kier molecular flexibility index (Phi) is 5.97. The maximum absolute atomic E-state index is 13.9. The third-order valence-corrected chi connectivity index (χ3v) is 4.95. The first-order valence-electron chi connectivity index (χ1n) is 9.05. The van der Waals surface area contributed by atoms with Gasteiger partial charge in [0, 0.05) is 50.6 Å². The number of carbonyl (C=O) groups is 1. The number of nitrogens with zero attached hydrogens (tertiary/aromatic N) is 5. The van der Waals surface area contributed by atoms with Crippen LogP contribution in [0.3, 0.4) is 0 Å². The molecule has 6 nitrogen and oxygen atoms in total. The highest BCUT2D eigenvalue weighted by atomic mass is 19.1. The van der Waals surface area contributed by atoms with E-state index in [1.54, 1.807) is 31.5 Å². The molecule has 1 aromatic heterocycles. The van der Waals surface area contributed by atoms with Gasteiger partial charge in [0.05, 0.1) is 5.69 Å². The van der Waals surface area contributed by atoms with Crippen LogP contribution in [0.1, 0.15) is 37.3 Å². The lowest BCUT2D eigenvalue weighted by molar-refractivity contribution is -0.132. The van der Waals surface area contributed by atoms with Gasteiger partial charge in [-0.25, -0.2) is 14.4 Å². The Labute approximate surface area is 158 Å². The molecular formula is C20H22FN5O. The van der Waals surface area contributed by atoms with E-state index >= 15 is 0 Å². The Morgan fingerprint density at radius 1 is 1.33 bits per heavy atom. The van der Waals surface area contributed by atoms with Crippen LogP contribution in [0, 0.1) is 17.1 Å². The van der Waals surface area contributed by atoms with Gasteiger partial charge >= 0.3 is 0 Å². The SMILES string of the molecule is CC(=O)N(Cc1cncnc1)[C@@H]1CCCN(c2cccc(F)c2C#N)CC1. The van der Waals surface area contributed by atoms with Gasteiger partial charge in [0.15, 0.2) is 0 Å². The van der Waals surface area contributed by atoms with Crippen LogP contribution in [0.4, 0.5) is 10.1 Å². The van der Waals surface area contributed by atoms with E-state index in [4.69, 9.17) is 0 Å². The number of rotatable bonds is 4. The van der Waals surface area contributed by atoms with Crippen molar-refractivity contribution in [3.63, 3.8) is 0 Å². The lowest BCUT2D eigenvalue weighted by Gasteiger charge is -2.30. The molecule has 1 aliphatic heterocycles. The molecule has 0 unspecified atom stereocenters. The maximum atomic E-state index is 13.9. The highest BCUT2D eigenvalue weighted by Crippen LogP contribution is 2.27. The second-order valence-electron chi connectivity index (χ2n) is 6.71. The number of nitriles is 1.